The second-order valence-corrected chi connectivity index (χ2v) is 14.1. The number of amides is 2. The quantitative estimate of drug-likeness (QED) is 0.0241. The van der Waals surface area contributed by atoms with E-state index in [2.05, 4.69) is 30.3 Å². The van der Waals surface area contributed by atoms with Gasteiger partial charge in [-0.25, -0.2) is 9.13 Å². The number of phosphoric ester groups is 1. The monoisotopic (exact) mass is 656 g/mol. The number of hydrogen-bond acceptors (Lipinski definition) is 15. The summed E-state index contributed by atoms with van der Waals surface area (Å²) in [4.78, 5) is 70.6. The van der Waals surface area contributed by atoms with E-state index in [9.17, 15) is 28.5 Å². The number of allylic oxidation sites excluding steroid dienone is 1. The standard InChI is InChI=1S/C17H28N3O14P3S2/c1-12-7-14(30-11-39-38-3)15(9-31-36(26,27)34-37(28,29)33-35(23,24)25)32-17(12)20(10-21)8-13(5-4-6-18)16(22)19-2/h8,10,12,17,23-25H,6-7,9,11,18H2,1-3H3,(H2-,19,22,26,27,28,29)/p+1/b13-8-/t12-,17+/m0/s1. The van der Waals surface area contributed by atoms with Gasteiger partial charge in [-0.3, -0.25) is 23.9 Å². The number of rotatable bonds is 15. The Bertz CT molecular complexity index is 1090. The number of likely N-dealkylation sites (N-methyl/N-ethyl adjacent to an activating group) is 1. The predicted octanol–water partition coefficient (Wildman–Crippen LogP) is 0.521. The molecular formula is C17H29N3O14P3S2+. The van der Waals surface area contributed by atoms with Crippen molar-refractivity contribution in [2.45, 2.75) is 19.6 Å². The first-order valence-corrected chi connectivity index (χ1v) is 17.7. The van der Waals surface area contributed by atoms with Crippen LogP contribution in [0.4, 0.5) is 0 Å². The molecule has 22 heteroatoms. The van der Waals surface area contributed by atoms with Gasteiger partial charge in [-0.15, -0.1) is 0 Å². The number of carbonyl (C=O) groups excluding carboxylic acids is 2. The maximum Gasteiger partial charge on any atom is 0.578 e. The summed E-state index contributed by atoms with van der Waals surface area (Å²) in [5.74, 6) is 4.02. The highest BCUT2D eigenvalue weighted by atomic mass is 33.1. The Morgan fingerprint density at radius 1 is 1.33 bits per heavy atom. The average molecular weight is 656 g/mol. The summed E-state index contributed by atoms with van der Waals surface area (Å²) in [5, 5.41) is 2.37. The maximum absolute atomic E-state index is 12.2. The second-order valence-electron chi connectivity index (χ2n) is 7.15. The van der Waals surface area contributed by atoms with Crippen LogP contribution in [-0.2, 0) is 41.3 Å². The van der Waals surface area contributed by atoms with Gasteiger partial charge in [-0.2, -0.15) is 19.0 Å². The average Bonchev–Trinajstić information content (AvgIpc) is 2.81. The van der Waals surface area contributed by atoms with Gasteiger partial charge in [-0.05, 0) is 10.6 Å². The molecule has 1 rings (SSSR count). The van der Waals surface area contributed by atoms with E-state index in [0.29, 0.717) is 6.41 Å². The van der Waals surface area contributed by atoms with E-state index in [4.69, 9.17) is 29.9 Å². The molecule has 17 nitrogen and oxygen atoms in total. The van der Waals surface area contributed by atoms with Crippen LogP contribution in [0.1, 0.15) is 13.3 Å². The Morgan fingerprint density at radius 2 is 2.00 bits per heavy atom. The topological polar surface area (TPSA) is 257 Å². The minimum Gasteiger partial charge on any atom is -0.483 e. The molecule has 0 aromatic heterocycles. The van der Waals surface area contributed by atoms with Crippen LogP contribution >= 0.6 is 45.4 Å². The first-order valence-electron chi connectivity index (χ1n) is 10.4. The number of nitrogens with one attached hydrogen (secondary N) is 1. The molecule has 0 radical (unpaired) electrons. The first kappa shape index (κ1) is 35.8. The van der Waals surface area contributed by atoms with Crippen molar-refractivity contribution >= 4 is 57.7 Å². The molecule has 0 aromatic carbocycles. The summed E-state index contributed by atoms with van der Waals surface area (Å²) in [6.07, 6.45) is 2.29. The van der Waals surface area contributed by atoms with Crippen molar-refractivity contribution in [3.8, 4) is 11.8 Å². The zero-order valence-corrected chi connectivity index (χ0v) is 25.0. The molecule has 0 aromatic rings. The maximum atomic E-state index is 12.2. The van der Waals surface area contributed by atoms with Gasteiger partial charge in [0.2, 0.25) is 6.41 Å². The lowest BCUT2D eigenvalue weighted by Gasteiger charge is -2.36. The molecule has 0 saturated heterocycles. The van der Waals surface area contributed by atoms with E-state index in [1.165, 1.54) is 28.6 Å². The highest BCUT2D eigenvalue weighted by molar-refractivity contribution is 8.76. The number of nitrogens with zero attached hydrogens (tertiary/aromatic N) is 1. The van der Waals surface area contributed by atoms with E-state index in [-0.39, 0.29) is 36.0 Å². The normalized spacial score (nSPS) is 21.0. The molecule has 222 valence electrons. The van der Waals surface area contributed by atoms with Crippen LogP contribution in [0.15, 0.2) is 23.3 Å². The molecule has 8 N–H and O–H groups in total. The van der Waals surface area contributed by atoms with E-state index in [1.54, 1.807) is 13.2 Å². The number of phosphoric acid groups is 2. The Labute approximate surface area is 232 Å². The van der Waals surface area contributed by atoms with Crippen molar-refractivity contribution in [3.63, 3.8) is 0 Å². The van der Waals surface area contributed by atoms with E-state index >= 15 is 0 Å². The second kappa shape index (κ2) is 16.3. The molecule has 0 saturated carbocycles. The summed E-state index contributed by atoms with van der Waals surface area (Å²) in [7, 11) is -12.4. The first-order chi connectivity index (χ1) is 18.1. The van der Waals surface area contributed by atoms with Gasteiger partial charge in [0, 0.05) is 25.6 Å². The summed E-state index contributed by atoms with van der Waals surface area (Å²) in [6.45, 7) is 0.730. The van der Waals surface area contributed by atoms with Crippen LogP contribution in [0.2, 0.25) is 0 Å². The summed E-state index contributed by atoms with van der Waals surface area (Å²) < 4.78 is 47.6. The van der Waals surface area contributed by atoms with Crippen LogP contribution in [-0.4, -0.2) is 80.3 Å². The van der Waals surface area contributed by atoms with Crippen LogP contribution < -0.4 is 11.1 Å². The fraction of sp³-hybridized carbons (Fsp3) is 0.529. The van der Waals surface area contributed by atoms with E-state index < -0.39 is 48.5 Å². The van der Waals surface area contributed by atoms with Gasteiger partial charge in [-0.1, -0.05) is 40.4 Å². The minimum atomic E-state index is -5.68. The van der Waals surface area contributed by atoms with E-state index in [1.807, 2.05) is 0 Å². The van der Waals surface area contributed by atoms with Gasteiger partial charge in [0.25, 0.3) is 5.91 Å². The third-order valence-corrected chi connectivity index (χ3v) is 9.49. The van der Waals surface area contributed by atoms with Crippen molar-refractivity contribution < 1.29 is 65.8 Å². The largest absolute Gasteiger partial charge is 0.578 e. The Balaban J connectivity index is 3.27. The fourth-order valence-corrected chi connectivity index (χ4v) is 6.50. The molecule has 2 unspecified atom stereocenters. The highest BCUT2D eigenvalue weighted by Gasteiger charge is 2.49. The van der Waals surface area contributed by atoms with Gasteiger partial charge >= 0.3 is 23.8 Å². The Hall–Kier alpha value is -1.19. The lowest BCUT2D eigenvalue weighted by molar-refractivity contribution is -0.131. The van der Waals surface area contributed by atoms with Gasteiger partial charge in [0.1, 0.15) is 23.9 Å². The van der Waals surface area contributed by atoms with Crippen molar-refractivity contribution in [2.75, 3.05) is 32.4 Å². The van der Waals surface area contributed by atoms with Gasteiger partial charge in [0.15, 0.2) is 12.0 Å². The SMILES string of the molecule is CNC(=O)/C(C#CCN)=C\N(C=O)[C@@H]1OC(COP(=O)(O)OP(=O)(O)O[P+](O)(O)O)=C(OCSSC)C[C@@H]1C. The Kier molecular flexibility index (Phi) is 15.0. The number of ether oxygens (including phenoxy) is 2. The molecule has 1 heterocycles. The zero-order valence-electron chi connectivity index (χ0n) is 20.7. The zero-order chi connectivity index (χ0) is 29.9. The van der Waals surface area contributed by atoms with Crippen molar-refractivity contribution in [3.05, 3.63) is 23.3 Å². The molecule has 39 heavy (non-hydrogen) atoms. The molecular weight excluding hydrogens is 627 g/mol. The summed E-state index contributed by atoms with van der Waals surface area (Å²) in [6, 6.07) is 0. The van der Waals surface area contributed by atoms with Crippen molar-refractivity contribution in [1.82, 2.24) is 10.2 Å². The third-order valence-electron chi connectivity index (χ3n) is 4.24. The molecule has 0 fully saturated rings. The van der Waals surface area contributed by atoms with Crippen molar-refractivity contribution in [1.29, 1.82) is 0 Å². The van der Waals surface area contributed by atoms with Crippen LogP contribution in [0.5, 0.6) is 0 Å². The molecule has 2 amide bonds. The van der Waals surface area contributed by atoms with Crippen molar-refractivity contribution in [2.24, 2.45) is 11.7 Å². The smallest absolute Gasteiger partial charge is 0.483 e. The number of carbonyl (C=O) groups is 2. The molecule has 0 spiro atoms. The van der Waals surface area contributed by atoms with Gasteiger partial charge < -0.3 is 25.4 Å². The molecule has 1 aliphatic heterocycles. The fourth-order valence-electron chi connectivity index (χ4n) is 2.78. The number of nitrogens with two attached hydrogens (primary N) is 1. The Morgan fingerprint density at radius 3 is 2.54 bits per heavy atom. The van der Waals surface area contributed by atoms with Crippen LogP contribution in [0.3, 0.4) is 0 Å². The molecule has 1 aliphatic rings. The lowest BCUT2D eigenvalue weighted by atomic mass is 10.0. The lowest BCUT2D eigenvalue weighted by Crippen LogP contribution is -2.41. The van der Waals surface area contributed by atoms with Crippen LogP contribution in [0, 0.1) is 17.8 Å². The predicted molar refractivity (Wildman–Crippen MR) is 141 cm³/mol. The van der Waals surface area contributed by atoms with Crippen LogP contribution in [0.25, 0.3) is 0 Å². The molecule has 0 bridgehead atoms. The summed E-state index contributed by atoms with van der Waals surface area (Å²) in [5.41, 5.74) is 5.24. The minimum absolute atomic E-state index is 0.0581. The van der Waals surface area contributed by atoms with Gasteiger partial charge in [0.05, 0.1) is 6.54 Å². The third kappa shape index (κ3) is 13.3. The summed E-state index contributed by atoms with van der Waals surface area (Å²) >= 11 is 0. The molecule has 4 atom stereocenters. The molecule has 0 aliphatic carbocycles. The van der Waals surface area contributed by atoms with E-state index in [0.717, 1.165) is 11.1 Å². The number of hydrogen-bond donors (Lipinski definition) is 7. The highest BCUT2D eigenvalue weighted by Crippen LogP contribution is 2.68.